The summed E-state index contributed by atoms with van der Waals surface area (Å²) < 4.78 is 5.05. The van der Waals surface area contributed by atoms with E-state index in [4.69, 9.17) is 4.74 Å². The molecule has 0 saturated heterocycles. The average Bonchev–Trinajstić information content (AvgIpc) is 3.04. The normalized spacial score (nSPS) is 13.5. The highest BCUT2D eigenvalue weighted by atomic mass is 16.5. The summed E-state index contributed by atoms with van der Waals surface area (Å²) in [5.41, 5.74) is 1.55. The number of benzene rings is 1. The molecule has 3 rings (SSSR count). The van der Waals surface area contributed by atoms with Crippen LogP contribution in [0.15, 0.2) is 36.3 Å². The molecule has 3 N–H and O–H groups in total. The number of rotatable bonds is 5. The molecule has 1 aliphatic carbocycles. The van der Waals surface area contributed by atoms with Gasteiger partial charge in [0.05, 0.1) is 19.1 Å². The first-order valence-corrected chi connectivity index (χ1v) is 7.04. The number of carbonyl (C=O) groups is 2. The predicted octanol–water partition coefficient (Wildman–Crippen LogP) is 1.22. The largest absolute Gasteiger partial charge is 0.504 e. The van der Waals surface area contributed by atoms with Gasteiger partial charge in [0.15, 0.2) is 11.5 Å². The van der Waals surface area contributed by atoms with Gasteiger partial charge >= 0.3 is 0 Å². The van der Waals surface area contributed by atoms with Crippen LogP contribution in [0.4, 0.5) is 0 Å². The van der Waals surface area contributed by atoms with E-state index in [1.807, 2.05) is 0 Å². The molecule has 0 aliphatic heterocycles. The molecule has 2 aromatic rings. The molecule has 118 valence electrons. The lowest BCUT2D eigenvalue weighted by Gasteiger charge is -2.13. The number of imidazole rings is 1. The van der Waals surface area contributed by atoms with Gasteiger partial charge in [-0.2, -0.15) is 0 Å². The Morgan fingerprint density at radius 1 is 1.35 bits per heavy atom. The molecule has 0 spiro atoms. The zero-order valence-corrected chi connectivity index (χ0v) is 12.4. The van der Waals surface area contributed by atoms with Gasteiger partial charge in [0.2, 0.25) is 11.6 Å². The topological polar surface area (TPSA) is 104 Å². The molecule has 1 aromatic carbocycles. The van der Waals surface area contributed by atoms with E-state index < -0.39 is 0 Å². The lowest BCUT2D eigenvalue weighted by molar-refractivity contribution is 0.0973. The highest BCUT2D eigenvalue weighted by Crippen LogP contribution is 2.26. The molecule has 1 heterocycles. The summed E-state index contributed by atoms with van der Waals surface area (Å²) in [6.07, 6.45) is 3.20. The minimum Gasteiger partial charge on any atom is -0.504 e. The van der Waals surface area contributed by atoms with Crippen LogP contribution in [-0.2, 0) is 6.42 Å². The highest BCUT2D eigenvalue weighted by Gasteiger charge is 2.27. The Morgan fingerprint density at radius 3 is 2.96 bits per heavy atom. The monoisotopic (exact) mass is 313 g/mol. The molecule has 1 aromatic heterocycles. The van der Waals surface area contributed by atoms with Crippen LogP contribution in [0.3, 0.4) is 0 Å². The molecule has 7 nitrogen and oxygen atoms in total. The maximum Gasteiger partial charge on any atom is 0.227 e. The van der Waals surface area contributed by atoms with Gasteiger partial charge in [0.1, 0.15) is 11.4 Å². The fourth-order valence-corrected chi connectivity index (χ4v) is 2.40. The number of phenols is 1. The quantitative estimate of drug-likeness (QED) is 0.766. The summed E-state index contributed by atoms with van der Waals surface area (Å²) in [7, 11) is 1.48. The van der Waals surface area contributed by atoms with Gasteiger partial charge in [-0.1, -0.05) is 6.07 Å². The molecule has 23 heavy (non-hydrogen) atoms. The van der Waals surface area contributed by atoms with Crippen LogP contribution in [0, 0.1) is 0 Å². The van der Waals surface area contributed by atoms with E-state index in [1.165, 1.54) is 19.5 Å². The van der Waals surface area contributed by atoms with Crippen molar-refractivity contribution < 1.29 is 19.4 Å². The van der Waals surface area contributed by atoms with E-state index in [2.05, 4.69) is 15.3 Å². The van der Waals surface area contributed by atoms with E-state index in [1.54, 1.807) is 18.2 Å². The Kier molecular flexibility index (Phi) is 3.84. The van der Waals surface area contributed by atoms with Gasteiger partial charge in [-0.3, -0.25) is 9.59 Å². The van der Waals surface area contributed by atoms with E-state index in [0.29, 0.717) is 18.7 Å². The Bertz CT molecular complexity index is 807. The Morgan fingerprint density at radius 2 is 2.17 bits per heavy atom. The number of ketones is 2. The van der Waals surface area contributed by atoms with Gasteiger partial charge in [0, 0.05) is 12.6 Å². The number of fused-ring (bicyclic) bond motifs is 1. The van der Waals surface area contributed by atoms with Crippen molar-refractivity contribution in [2.45, 2.75) is 6.42 Å². The summed E-state index contributed by atoms with van der Waals surface area (Å²) in [4.78, 5) is 30.6. The van der Waals surface area contributed by atoms with Crippen LogP contribution in [-0.4, -0.2) is 40.3 Å². The van der Waals surface area contributed by atoms with Crippen molar-refractivity contribution in [2.75, 3.05) is 13.7 Å². The van der Waals surface area contributed by atoms with E-state index in [-0.39, 0.29) is 34.4 Å². The van der Waals surface area contributed by atoms with E-state index in [9.17, 15) is 14.7 Å². The second kappa shape index (κ2) is 5.96. The number of aromatic amines is 1. The fourth-order valence-electron chi connectivity index (χ4n) is 2.40. The first-order valence-electron chi connectivity index (χ1n) is 7.04. The molecular formula is C16H15N3O4. The lowest BCUT2D eigenvalue weighted by atomic mass is 10.0. The third-order valence-electron chi connectivity index (χ3n) is 3.59. The molecule has 1 aliphatic rings. The first-order chi connectivity index (χ1) is 11.1. The maximum absolute atomic E-state index is 12.2. The standard InChI is InChI=1S/C16H15N3O4/c1-23-13-6-9(2-3-11(13)20)4-5-17-10-7-12(21)14-15(16(10)22)19-8-18-14/h2-3,6-8,17,20H,4-5H2,1H3,(H,18,19). The van der Waals surface area contributed by atoms with Crippen molar-refractivity contribution in [3.8, 4) is 11.5 Å². The maximum atomic E-state index is 12.2. The molecular weight excluding hydrogens is 298 g/mol. The van der Waals surface area contributed by atoms with Crippen LogP contribution in [0.5, 0.6) is 11.5 Å². The average molecular weight is 313 g/mol. The van der Waals surface area contributed by atoms with Crippen LogP contribution in [0.1, 0.15) is 26.5 Å². The van der Waals surface area contributed by atoms with Crippen molar-refractivity contribution in [3.05, 3.63) is 53.3 Å². The highest BCUT2D eigenvalue weighted by molar-refractivity contribution is 6.22. The fraction of sp³-hybridized carbons (Fsp3) is 0.188. The minimum atomic E-state index is -0.297. The number of Topliss-reactive ketones (excluding diaryl/α,β-unsaturated/α-hetero) is 1. The number of allylic oxidation sites excluding steroid dienone is 2. The van der Waals surface area contributed by atoms with Crippen LogP contribution in [0.2, 0.25) is 0 Å². The summed E-state index contributed by atoms with van der Waals surface area (Å²) in [6, 6.07) is 5.06. The van der Waals surface area contributed by atoms with Crippen molar-refractivity contribution in [1.82, 2.24) is 15.3 Å². The number of phenolic OH excluding ortho intramolecular Hbond substituents is 1. The number of hydrogen-bond acceptors (Lipinski definition) is 6. The second-order valence-electron chi connectivity index (χ2n) is 5.06. The molecule has 0 radical (unpaired) electrons. The molecule has 0 amide bonds. The zero-order chi connectivity index (χ0) is 16.4. The van der Waals surface area contributed by atoms with Crippen LogP contribution < -0.4 is 10.1 Å². The molecule has 0 bridgehead atoms. The smallest absolute Gasteiger partial charge is 0.227 e. The number of nitrogens with zero attached hydrogens (tertiary/aromatic N) is 1. The molecule has 0 saturated carbocycles. The van der Waals surface area contributed by atoms with Gasteiger partial charge in [0.25, 0.3) is 0 Å². The summed E-state index contributed by atoms with van der Waals surface area (Å²) in [5, 5.41) is 12.5. The summed E-state index contributed by atoms with van der Waals surface area (Å²) in [5.74, 6) is -0.102. The second-order valence-corrected chi connectivity index (χ2v) is 5.06. The number of hydrogen-bond donors (Lipinski definition) is 3. The van der Waals surface area contributed by atoms with Gasteiger partial charge < -0.3 is 20.1 Å². The number of nitrogens with one attached hydrogen (secondary N) is 2. The van der Waals surface area contributed by atoms with Crippen molar-refractivity contribution >= 4 is 11.6 Å². The Balaban J connectivity index is 1.65. The molecule has 0 fully saturated rings. The number of aromatic nitrogens is 2. The third kappa shape index (κ3) is 2.80. The van der Waals surface area contributed by atoms with E-state index in [0.717, 1.165) is 5.56 Å². The molecule has 7 heteroatoms. The molecule has 0 unspecified atom stereocenters. The number of aromatic hydroxyl groups is 1. The summed E-state index contributed by atoms with van der Waals surface area (Å²) >= 11 is 0. The van der Waals surface area contributed by atoms with Crippen molar-refractivity contribution in [2.24, 2.45) is 0 Å². The Hall–Kier alpha value is -3.09. The van der Waals surface area contributed by atoms with Gasteiger partial charge in [-0.05, 0) is 24.1 Å². The minimum absolute atomic E-state index is 0.0757. The Labute approximate surface area is 132 Å². The lowest BCUT2D eigenvalue weighted by Crippen LogP contribution is -2.28. The van der Waals surface area contributed by atoms with Gasteiger partial charge in [-0.15, -0.1) is 0 Å². The first kappa shape index (κ1) is 14.8. The van der Waals surface area contributed by atoms with Crippen LogP contribution in [0.25, 0.3) is 0 Å². The van der Waals surface area contributed by atoms with Crippen molar-refractivity contribution in [1.29, 1.82) is 0 Å². The number of carbonyl (C=O) groups excluding carboxylic acids is 2. The van der Waals surface area contributed by atoms with Crippen LogP contribution >= 0.6 is 0 Å². The number of ether oxygens (including phenoxy) is 1. The van der Waals surface area contributed by atoms with E-state index >= 15 is 0 Å². The van der Waals surface area contributed by atoms with Crippen molar-refractivity contribution in [3.63, 3.8) is 0 Å². The molecule has 0 atom stereocenters. The third-order valence-corrected chi connectivity index (χ3v) is 3.59. The number of methoxy groups -OCH3 is 1. The van der Waals surface area contributed by atoms with Gasteiger partial charge in [-0.25, -0.2) is 4.98 Å². The SMILES string of the molecule is COc1cc(CCNC2=CC(=O)c3nc[nH]c3C2=O)ccc1O. The number of H-pyrrole nitrogens is 1. The zero-order valence-electron chi connectivity index (χ0n) is 12.4. The summed E-state index contributed by atoms with van der Waals surface area (Å²) in [6.45, 7) is 0.461. The predicted molar refractivity (Wildman–Crippen MR) is 81.7 cm³/mol.